The minimum absolute atomic E-state index is 0.546. The average Bonchev–Trinajstić information content (AvgIpc) is 3.03. The molecule has 1 N–H and O–H groups in total. The van der Waals surface area contributed by atoms with E-state index < -0.39 is 0 Å². The maximum Gasteiger partial charge on any atom is 0.156 e. The predicted molar refractivity (Wildman–Crippen MR) is 108 cm³/mol. The molecule has 2 aliphatic carbocycles. The van der Waals surface area contributed by atoms with Gasteiger partial charge in [-0.15, -0.1) is 0 Å². The fourth-order valence-electron chi connectivity index (χ4n) is 5.47. The second-order valence-electron chi connectivity index (χ2n) is 9.22. The molecule has 3 unspecified atom stereocenters. The second kappa shape index (κ2) is 6.56. The van der Waals surface area contributed by atoms with E-state index in [-0.39, 0.29) is 0 Å². The number of rotatable bonds is 6. The standard InChI is InChI=1S/C22H29N5O/c1-14-8-16(26(17-12-28-13-17)7-5-15-2-3-15)9-18(14)20-10-24-21-11-25-22-19(27(20)21)4-6-23-22/h4,6,10-11,14-18,23H,2-3,5,7-9,12-13H2,1H3. The fraction of sp³-hybridized carbons (Fsp3) is 0.636. The van der Waals surface area contributed by atoms with E-state index in [9.17, 15) is 0 Å². The summed E-state index contributed by atoms with van der Waals surface area (Å²) in [5.74, 6) is 2.20. The Morgan fingerprint density at radius 3 is 2.86 bits per heavy atom. The molecule has 1 saturated heterocycles. The van der Waals surface area contributed by atoms with Crippen LogP contribution in [0.1, 0.15) is 50.6 Å². The van der Waals surface area contributed by atoms with E-state index in [1.54, 1.807) is 0 Å². The van der Waals surface area contributed by atoms with Crippen molar-refractivity contribution in [2.75, 3.05) is 19.8 Å². The molecule has 3 atom stereocenters. The van der Waals surface area contributed by atoms with Crippen LogP contribution in [-0.2, 0) is 4.74 Å². The van der Waals surface area contributed by atoms with Gasteiger partial charge in [0, 0.05) is 30.0 Å². The van der Waals surface area contributed by atoms with Gasteiger partial charge in [0.2, 0.25) is 0 Å². The summed E-state index contributed by atoms with van der Waals surface area (Å²) in [6.45, 7) is 5.52. The lowest BCUT2D eigenvalue weighted by molar-refractivity contribution is -0.0798. The summed E-state index contributed by atoms with van der Waals surface area (Å²) in [5.41, 5.74) is 4.38. The smallest absolute Gasteiger partial charge is 0.156 e. The molecule has 0 aromatic carbocycles. The van der Waals surface area contributed by atoms with Gasteiger partial charge in [0.1, 0.15) is 0 Å². The zero-order valence-corrected chi connectivity index (χ0v) is 16.6. The van der Waals surface area contributed by atoms with Crippen LogP contribution in [0.15, 0.2) is 24.7 Å². The number of imidazole rings is 1. The van der Waals surface area contributed by atoms with E-state index in [0.29, 0.717) is 23.9 Å². The molecule has 3 aromatic rings. The lowest BCUT2D eigenvalue weighted by atomic mass is 9.95. The molecule has 0 amide bonds. The van der Waals surface area contributed by atoms with Crippen LogP contribution in [0.3, 0.4) is 0 Å². The van der Waals surface area contributed by atoms with Gasteiger partial charge in [-0.05, 0) is 43.7 Å². The number of hydrogen-bond acceptors (Lipinski definition) is 4. The summed E-state index contributed by atoms with van der Waals surface area (Å²) >= 11 is 0. The number of nitrogens with zero attached hydrogens (tertiary/aromatic N) is 4. The molecule has 0 bridgehead atoms. The Morgan fingerprint density at radius 2 is 2.07 bits per heavy atom. The summed E-state index contributed by atoms with van der Waals surface area (Å²) in [6, 6.07) is 3.42. The van der Waals surface area contributed by atoms with Crippen molar-refractivity contribution in [3.63, 3.8) is 0 Å². The minimum atomic E-state index is 0.546. The number of hydrogen-bond donors (Lipinski definition) is 1. The fourth-order valence-corrected chi connectivity index (χ4v) is 5.47. The van der Waals surface area contributed by atoms with E-state index in [4.69, 9.17) is 4.74 Å². The number of aromatic nitrogens is 4. The van der Waals surface area contributed by atoms with E-state index in [2.05, 4.69) is 43.4 Å². The van der Waals surface area contributed by atoms with E-state index in [1.165, 1.54) is 44.3 Å². The number of fused-ring (bicyclic) bond motifs is 3. The van der Waals surface area contributed by atoms with Crippen molar-refractivity contribution in [3.8, 4) is 0 Å². The minimum Gasteiger partial charge on any atom is -0.378 e. The third kappa shape index (κ3) is 2.77. The first-order chi connectivity index (χ1) is 13.8. The summed E-state index contributed by atoms with van der Waals surface area (Å²) < 4.78 is 7.88. The van der Waals surface area contributed by atoms with Crippen LogP contribution in [0.5, 0.6) is 0 Å². The van der Waals surface area contributed by atoms with Gasteiger partial charge in [-0.1, -0.05) is 19.8 Å². The molecule has 4 heterocycles. The van der Waals surface area contributed by atoms with Crippen LogP contribution in [0, 0.1) is 11.8 Å². The Labute approximate surface area is 165 Å². The zero-order valence-electron chi connectivity index (χ0n) is 16.6. The molecule has 0 radical (unpaired) electrons. The van der Waals surface area contributed by atoms with Crippen molar-refractivity contribution < 1.29 is 4.74 Å². The van der Waals surface area contributed by atoms with Crippen LogP contribution in [0.25, 0.3) is 16.8 Å². The van der Waals surface area contributed by atoms with Crippen LogP contribution in [0.4, 0.5) is 0 Å². The van der Waals surface area contributed by atoms with Gasteiger partial charge in [-0.3, -0.25) is 9.30 Å². The van der Waals surface area contributed by atoms with Crippen LogP contribution < -0.4 is 0 Å². The van der Waals surface area contributed by atoms with Gasteiger partial charge in [-0.25, -0.2) is 9.97 Å². The molecule has 3 aromatic heterocycles. The predicted octanol–water partition coefficient (Wildman–Crippen LogP) is 3.59. The summed E-state index contributed by atoms with van der Waals surface area (Å²) in [7, 11) is 0. The number of ether oxygens (including phenoxy) is 1. The van der Waals surface area contributed by atoms with Crippen LogP contribution in [0.2, 0.25) is 0 Å². The highest BCUT2D eigenvalue weighted by Crippen LogP contribution is 2.43. The maximum atomic E-state index is 5.55. The van der Waals surface area contributed by atoms with Gasteiger partial charge in [0.15, 0.2) is 11.3 Å². The average molecular weight is 380 g/mol. The Bertz CT molecular complexity index is 985. The third-order valence-electron chi connectivity index (χ3n) is 7.36. The van der Waals surface area contributed by atoms with Gasteiger partial charge in [0.05, 0.1) is 31.0 Å². The summed E-state index contributed by atoms with van der Waals surface area (Å²) in [6.07, 6.45) is 12.7. The Balaban J connectivity index is 1.30. The molecule has 28 heavy (non-hydrogen) atoms. The van der Waals surface area contributed by atoms with Crippen molar-refractivity contribution in [2.24, 2.45) is 11.8 Å². The number of nitrogens with one attached hydrogen (secondary N) is 1. The Hall–Kier alpha value is -1.92. The van der Waals surface area contributed by atoms with Gasteiger partial charge in [-0.2, -0.15) is 0 Å². The normalized spacial score (nSPS) is 28.6. The molecule has 6 heteroatoms. The highest BCUT2D eigenvalue weighted by Gasteiger charge is 2.41. The van der Waals surface area contributed by atoms with Crippen molar-refractivity contribution in [1.29, 1.82) is 0 Å². The molecule has 0 spiro atoms. The first-order valence-electron chi connectivity index (χ1n) is 10.9. The molecule has 3 aliphatic rings. The van der Waals surface area contributed by atoms with Gasteiger partial charge in [0.25, 0.3) is 0 Å². The molecular weight excluding hydrogens is 350 g/mol. The quantitative estimate of drug-likeness (QED) is 0.711. The Kier molecular flexibility index (Phi) is 3.98. The van der Waals surface area contributed by atoms with Crippen molar-refractivity contribution in [2.45, 2.75) is 57.0 Å². The topological polar surface area (TPSA) is 58.5 Å². The summed E-state index contributed by atoms with van der Waals surface area (Å²) in [5, 5.41) is 0. The lowest BCUT2D eigenvalue weighted by Crippen LogP contribution is -2.53. The largest absolute Gasteiger partial charge is 0.378 e. The van der Waals surface area contributed by atoms with Crippen molar-refractivity contribution >= 4 is 16.8 Å². The maximum absolute atomic E-state index is 5.55. The first kappa shape index (κ1) is 17.0. The van der Waals surface area contributed by atoms with Crippen molar-refractivity contribution in [3.05, 3.63) is 30.4 Å². The lowest BCUT2D eigenvalue weighted by Gasteiger charge is -2.41. The van der Waals surface area contributed by atoms with Gasteiger partial charge >= 0.3 is 0 Å². The highest BCUT2D eigenvalue weighted by molar-refractivity contribution is 5.74. The number of aromatic amines is 1. The highest BCUT2D eigenvalue weighted by atomic mass is 16.5. The van der Waals surface area contributed by atoms with Crippen LogP contribution in [-0.4, -0.2) is 56.1 Å². The number of H-pyrrole nitrogens is 1. The first-order valence-corrected chi connectivity index (χ1v) is 10.9. The molecule has 1 aliphatic heterocycles. The SMILES string of the molecule is CC1CC(N(CCC2CC2)C2COC2)CC1c1cnc2cnc3[nH]ccc3n12. The Morgan fingerprint density at radius 1 is 1.18 bits per heavy atom. The second-order valence-corrected chi connectivity index (χ2v) is 9.22. The molecular formula is C22H29N5O. The molecule has 6 rings (SSSR count). The molecule has 3 fully saturated rings. The molecule has 6 nitrogen and oxygen atoms in total. The van der Waals surface area contributed by atoms with E-state index >= 15 is 0 Å². The third-order valence-corrected chi connectivity index (χ3v) is 7.36. The van der Waals surface area contributed by atoms with Gasteiger partial charge < -0.3 is 9.72 Å². The van der Waals surface area contributed by atoms with E-state index in [0.717, 1.165) is 35.9 Å². The van der Waals surface area contributed by atoms with Crippen molar-refractivity contribution in [1.82, 2.24) is 24.3 Å². The van der Waals surface area contributed by atoms with Crippen LogP contribution >= 0.6 is 0 Å². The molecule has 148 valence electrons. The molecule has 2 saturated carbocycles. The zero-order chi connectivity index (χ0) is 18.7. The van der Waals surface area contributed by atoms with E-state index in [1.807, 2.05) is 12.4 Å². The summed E-state index contributed by atoms with van der Waals surface area (Å²) in [4.78, 5) is 15.2. The monoisotopic (exact) mass is 379 g/mol.